The monoisotopic (exact) mass is 629 g/mol. The molecule has 0 radical (unpaired) electrons. The predicted molar refractivity (Wildman–Crippen MR) is 156 cm³/mol. The van der Waals surface area contributed by atoms with Gasteiger partial charge in [-0.05, 0) is 43.2 Å². The van der Waals surface area contributed by atoms with Crippen LogP contribution in [0.3, 0.4) is 0 Å². The highest BCUT2D eigenvalue weighted by molar-refractivity contribution is 7.19. The van der Waals surface area contributed by atoms with E-state index in [1.165, 1.54) is 54.2 Å². The SMILES string of the molecule is CNC(=O)C=CCCC(NC(=O)O)C(=O)Nc1cccn(Cc2nc3cc(F)cc(OCc4ccc(F)cc4F)c3s2)c1=O. The zero-order chi connectivity index (χ0) is 31.8. The number of aromatic nitrogens is 2. The van der Waals surface area contributed by atoms with Gasteiger partial charge in [-0.1, -0.05) is 6.08 Å². The molecule has 0 aliphatic carbocycles. The third-order valence-corrected chi connectivity index (χ3v) is 7.27. The fourth-order valence-corrected chi connectivity index (χ4v) is 5.07. The maximum atomic E-state index is 14.3. The lowest BCUT2D eigenvalue weighted by molar-refractivity contribution is -0.118. The van der Waals surface area contributed by atoms with E-state index in [2.05, 4.69) is 20.9 Å². The van der Waals surface area contributed by atoms with Gasteiger partial charge in [-0.3, -0.25) is 14.4 Å². The maximum Gasteiger partial charge on any atom is 0.405 e. The largest absolute Gasteiger partial charge is 0.487 e. The number of rotatable bonds is 12. The number of carbonyl (C=O) groups excluding carboxylic acids is 2. The minimum Gasteiger partial charge on any atom is -0.487 e. The van der Waals surface area contributed by atoms with Crippen molar-refractivity contribution in [1.82, 2.24) is 20.2 Å². The number of anilines is 1. The van der Waals surface area contributed by atoms with Crippen molar-refractivity contribution in [2.75, 3.05) is 12.4 Å². The van der Waals surface area contributed by atoms with Crippen LogP contribution in [0.15, 0.2) is 65.6 Å². The van der Waals surface area contributed by atoms with Gasteiger partial charge in [0.2, 0.25) is 11.8 Å². The quantitative estimate of drug-likeness (QED) is 0.172. The number of thiazole rings is 1. The predicted octanol–water partition coefficient (Wildman–Crippen LogP) is 4.16. The van der Waals surface area contributed by atoms with Crippen molar-refractivity contribution in [3.63, 3.8) is 0 Å². The van der Waals surface area contributed by atoms with Gasteiger partial charge < -0.3 is 30.4 Å². The van der Waals surface area contributed by atoms with E-state index < -0.39 is 41.1 Å². The van der Waals surface area contributed by atoms with Gasteiger partial charge in [-0.2, -0.15) is 0 Å². The van der Waals surface area contributed by atoms with Gasteiger partial charge in [0, 0.05) is 37.0 Å². The fraction of sp³-hybridized carbons (Fsp3) is 0.207. The number of halogens is 3. The first-order chi connectivity index (χ1) is 21.0. The summed E-state index contributed by atoms with van der Waals surface area (Å²) in [6.45, 7) is -0.349. The van der Waals surface area contributed by atoms with E-state index >= 15 is 0 Å². The number of ether oxygens (including phenoxy) is 1. The number of benzene rings is 2. The Balaban J connectivity index is 1.50. The van der Waals surface area contributed by atoms with Crippen LogP contribution in [0.25, 0.3) is 10.2 Å². The molecule has 4 N–H and O–H groups in total. The first-order valence-electron chi connectivity index (χ1n) is 13.1. The molecule has 44 heavy (non-hydrogen) atoms. The molecule has 11 nitrogen and oxygen atoms in total. The molecule has 0 saturated carbocycles. The highest BCUT2D eigenvalue weighted by Gasteiger charge is 2.21. The second kappa shape index (κ2) is 14.3. The van der Waals surface area contributed by atoms with E-state index in [4.69, 9.17) is 9.84 Å². The number of nitrogens with zero attached hydrogens (tertiary/aromatic N) is 2. The van der Waals surface area contributed by atoms with E-state index in [-0.39, 0.29) is 54.4 Å². The van der Waals surface area contributed by atoms with E-state index in [1.54, 1.807) is 0 Å². The number of fused-ring (bicyclic) bond motifs is 1. The Labute approximate surface area is 252 Å². The average molecular weight is 630 g/mol. The van der Waals surface area contributed by atoms with Crippen LogP contribution in [-0.4, -0.2) is 45.7 Å². The minimum absolute atomic E-state index is 0.0210. The minimum atomic E-state index is -1.44. The number of hydrogen-bond acceptors (Lipinski definition) is 7. The number of carbonyl (C=O) groups is 3. The molecule has 3 amide bonds. The molecule has 2 heterocycles. The Morgan fingerprint density at radius 1 is 1.14 bits per heavy atom. The lowest BCUT2D eigenvalue weighted by Crippen LogP contribution is -2.44. The summed E-state index contributed by atoms with van der Waals surface area (Å²) >= 11 is 1.11. The number of pyridine rings is 1. The lowest BCUT2D eigenvalue weighted by Gasteiger charge is -2.16. The molecule has 0 spiro atoms. The third-order valence-electron chi connectivity index (χ3n) is 6.20. The molecule has 4 rings (SSSR count). The fourth-order valence-electron chi connectivity index (χ4n) is 4.06. The number of likely N-dealkylation sites (N-methyl/N-ethyl adjacent to an activating group) is 1. The molecule has 15 heteroatoms. The van der Waals surface area contributed by atoms with Gasteiger partial charge in [0.05, 0.1) is 16.8 Å². The summed E-state index contributed by atoms with van der Waals surface area (Å²) in [6.07, 6.45) is 2.97. The van der Waals surface area contributed by atoms with Crippen LogP contribution < -0.4 is 26.2 Å². The van der Waals surface area contributed by atoms with Gasteiger partial charge in [-0.15, -0.1) is 11.3 Å². The van der Waals surface area contributed by atoms with Crippen molar-refractivity contribution in [1.29, 1.82) is 0 Å². The van der Waals surface area contributed by atoms with Gasteiger partial charge >= 0.3 is 6.09 Å². The lowest BCUT2D eigenvalue weighted by atomic mass is 10.1. The molecule has 0 aliphatic rings. The van der Waals surface area contributed by atoms with Gasteiger partial charge in [0.25, 0.3) is 5.56 Å². The van der Waals surface area contributed by atoms with Crippen LogP contribution in [0, 0.1) is 17.5 Å². The van der Waals surface area contributed by atoms with Crippen molar-refractivity contribution in [2.45, 2.75) is 32.0 Å². The molecule has 1 atom stereocenters. The Hall–Kier alpha value is -5.18. The molecule has 0 aliphatic heterocycles. The molecule has 1 unspecified atom stereocenters. The maximum absolute atomic E-state index is 14.3. The Kier molecular flexibility index (Phi) is 10.3. The second-order valence-electron chi connectivity index (χ2n) is 9.32. The number of allylic oxidation sites excluding steroid dienone is 1. The average Bonchev–Trinajstić information content (AvgIpc) is 3.38. The van der Waals surface area contributed by atoms with Crippen molar-refractivity contribution >= 4 is 45.1 Å². The van der Waals surface area contributed by atoms with E-state index in [9.17, 15) is 32.3 Å². The number of hydrogen-bond donors (Lipinski definition) is 4. The molecule has 0 saturated heterocycles. The second-order valence-corrected chi connectivity index (χ2v) is 10.4. The summed E-state index contributed by atoms with van der Waals surface area (Å²) < 4.78 is 48.9. The van der Waals surface area contributed by atoms with Crippen molar-refractivity contribution < 1.29 is 37.4 Å². The molecular formula is C29H26F3N5O6S. The van der Waals surface area contributed by atoms with E-state index in [1.807, 2.05) is 0 Å². The first-order valence-corrected chi connectivity index (χ1v) is 13.9. The van der Waals surface area contributed by atoms with Crippen LogP contribution >= 0.6 is 11.3 Å². The van der Waals surface area contributed by atoms with Crippen LogP contribution in [-0.2, 0) is 22.7 Å². The highest BCUT2D eigenvalue weighted by Crippen LogP contribution is 2.33. The summed E-state index contributed by atoms with van der Waals surface area (Å²) in [6, 6.07) is 6.96. The third kappa shape index (κ3) is 8.22. The van der Waals surface area contributed by atoms with Gasteiger partial charge in [0.1, 0.15) is 46.5 Å². The smallest absolute Gasteiger partial charge is 0.405 e. The van der Waals surface area contributed by atoms with Crippen LogP contribution in [0.5, 0.6) is 5.75 Å². The van der Waals surface area contributed by atoms with Crippen molar-refractivity contribution in [3.8, 4) is 5.75 Å². The first kappa shape index (κ1) is 31.7. The summed E-state index contributed by atoms with van der Waals surface area (Å²) in [7, 11) is 1.45. The zero-order valence-corrected chi connectivity index (χ0v) is 23.9. The molecule has 2 aromatic carbocycles. The van der Waals surface area contributed by atoms with Crippen LogP contribution in [0.4, 0.5) is 23.7 Å². The Morgan fingerprint density at radius 3 is 2.66 bits per heavy atom. The summed E-state index contributed by atoms with van der Waals surface area (Å²) in [5.74, 6) is -3.25. The normalized spacial score (nSPS) is 11.8. The Bertz CT molecular complexity index is 1790. The summed E-state index contributed by atoms with van der Waals surface area (Å²) in [5, 5.41) is 16.5. The van der Waals surface area contributed by atoms with Crippen LogP contribution in [0.2, 0.25) is 0 Å². The number of amides is 3. The van der Waals surface area contributed by atoms with E-state index in [0.29, 0.717) is 9.71 Å². The van der Waals surface area contributed by atoms with Gasteiger partial charge in [-0.25, -0.2) is 22.9 Å². The summed E-state index contributed by atoms with van der Waals surface area (Å²) in [4.78, 5) is 52.9. The van der Waals surface area contributed by atoms with Crippen molar-refractivity contribution in [3.05, 3.63) is 99.2 Å². The van der Waals surface area contributed by atoms with Crippen LogP contribution in [0.1, 0.15) is 23.4 Å². The summed E-state index contributed by atoms with van der Waals surface area (Å²) in [5.41, 5.74) is -0.415. The molecule has 230 valence electrons. The molecule has 0 bridgehead atoms. The Morgan fingerprint density at radius 2 is 1.93 bits per heavy atom. The molecular weight excluding hydrogens is 603 g/mol. The topological polar surface area (TPSA) is 152 Å². The molecule has 0 fully saturated rings. The standard InChI is InChI=1S/C29H26F3N5O6S/c1-33-24(38)7-3-2-5-20(36-29(41)42)27(39)35-21-6-4-10-37(28(21)40)14-25-34-22-12-18(31)13-23(26(22)44-25)43-15-16-8-9-17(30)11-19(16)32/h3-4,6-13,20,36H,2,5,14-15H2,1H3,(H,33,38)(H,35,39)(H,41,42). The van der Waals surface area contributed by atoms with Gasteiger partial charge in [0.15, 0.2) is 0 Å². The molecule has 2 aromatic heterocycles. The number of nitrogens with one attached hydrogen (secondary N) is 3. The van der Waals surface area contributed by atoms with Crippen molar-refractivity contribution in [2.24, 2.45) is 0 Å². The van der Waals surface area contributed by atoms with E-state index in [0.717, 1.165) is 29.5 Å². The highest BCUT2D eigenvalue weighted by atomic mass is 32.1. The molecule has 4 aromatic rings. The number of carboxylic acid groups (broad SMARTS) is 1. The zero-order valence-electron chi connectivity index (χ0n) is 23.1.